The summed E-state index contributed by atoms with van der Waals surface area (Å²) in [4.78, 5) is 0. The van der Waals surface area contributed by atoms with E-state index in [1.54, 1.807) is 0 Å². The van der Waals surface area contributed by atoms with Crippen LogP contribution in [0.4, 0.5) is 0 Å². The zero-order valence-corrected chi connectivity index (χ0v) is 21.6. The molecular weight excluding hydrogens is 484 g/mol. The number of benzene rings is 7. The Morgan fingerprint density at radius 3 is 1.25 bits per heavy atom. The molecule has 9 rings (SSSR count). The zero-order valence-electron chi connectivity index (χ0n) is 23.6. The second-order valence-electron chi connectivity index (χ2n) is 10.5. The van der Waals surface area contributed by atoms with E-state index in [9.17, 15) is 2.74 Å². The van der Waals surface area contributed by atoms with E-state index in [0.29, 0.717) is 0 Å². The highest BCUT2D eigenvalue weighted by molar-refractivity contribution is 6.29. The average Bonchev–Trinajstić information content (AvgIpc) is 3.57. The summed E-state index contributed by atoms with van der Waals surface area (Å²) >= 11 is 0. The van der Waals surface area contributed by atoms with Gasteiger partial charge in [-0.05, 0) is 70.0 Å². The highest BCUT2D eigenvalue weighted by atomic mass is 15.0. The molecule has 0 N–H and O–H groups in total. The second-order valence-corrected chi connectivity index (χ2v) is 10.5. The van der Waals surface area contributed by atoms with Gasteiger partial charge in [0.05, 0.1) is 24.8 Å². The first-order valence-corrected chi connectivity index (χ1v) is 13.6. The standard InChI is InChI=1S/C38H24N2/c1-3-11-27-23-29(19-17-25(27)9-1)39-33-15-7-5-13-31(33)37-35(39)21-22-36-38(37)32-14-6-8-16-34(32)40(36)30-20-18-26-10-2-4-12-28(26)24-30/h1-24H/i21D,22D. The molecule has 7 aromatic carbocycles. The molecule has 2 aromatic heterocycles. The molecule has 0 amide bonds. The molecule has 2 heterocycles. The van der Waals surface area contributed by atoms with Crippen LogP contribution in [0, 0.1) is 0 Å². The van der Waals surface area contributed by atoms with E-state index in [4.69, 9.17) is 0 Å². The summed E-state index contributed by atoms with van der Waals surface area (Å²) in [5, 5.41) is 8.85. The van der Waals surface area contributed by atoms with Gasteiger partial charge in [-0.15, -0.1) is 0 Å². The summed E-state index contributed by atoms with van der Waals surface area (Å²) in [7, 11) is 0. The first kappa shape index (κ1) is 19.7. The Kier molecular flexibility index (Phi) is 3.98. The predicted molar refractivity (Wildman–Crippen MR) is 170 cm³/mol. The van der Waals surface area contributed by atoms with Crippen LogP contribution >= 0.6 is 0 Å². The molecule has 0 spiro atoms. The van der Waals surface area contributed by atoms with Crippen molar-refractivity contribution in [3.8, 4) is 11.4 Å². The predicted octanol–water partition coefficient (Wildman–Crippen LogP) is 10.2. The molecule has 0 saturated heterocycles. The van der Waals surface area contributed by atoms with Crippen molar-refractivity contribution in [3.63, 3.8) is 0 Å². The number of aromatic nitrogens is 2. The van der Waals surface area contributed by atoms with Crippen molar-refractivity contribution in [2.45, 2.75) is 0 Å². The highest BCUT2D eigenvalue weighted by Crippen LogP contribution is 2.42. The van der Waals surface area contributed by atoms with E-state index in [0.717, 1.165) is 65.8 Å². The van der Waals surface area contributed by atoms with Crippen LogP contribution < -0.4 is 0 Å². The molecular formula is C38H24N2. The van der Waals surface area contributed by atoms with Gasteiger partial charge in [0.15, 0.2) is 0 Å². The van der Waals surface area contributed by atoms with Crippen LogP contribution in [0.3, 0.4) is 0 Å². The van der Waals surface area contributed by atoms with E-state index in [1.807, 2.05) is 0 Å². The summed E-state index contributed by atoms with van der Waals surface area (Å²) in [6.07, 6.45) is 0. The van der Waals surface area contributed by atoms with E-state index in [2.05, 4.69) is 143 Å². The van der Waals surface area contributed by atoms with Crippen molar-refractivity contribution in [2.75, 3.05) is 0 Å². The molecule has 186 valence electrons. The molecule has 2 heteroatoms. The average molecular weight is 511 g/mol. The lowest BCUT2D eigenvalue weighted by Crippen LogP contribution is -1.95. The fourth-order valence-electron chi connectivity index (χ4n) is 6.51. The Morgan fingerprint density at radius 2 is 0.775 bits per heavy atom. The molecule has 0 unspecified atom stereocenters. The van der Waals surface area contributed by atoms with Gasteiger partial charge in [-0.3, -0.25) is 0 Å². The number of para-hydroxylation sites is 2. The van der Waals surface area contributed by atoms with Gasteiger partial charge >= 0.3 is 0 Å². The van der Waals surface area contributed by atoms with Crippen molar-refractivity contribution >= 4 is 65.2 Å². The molecule has 40 heavy (non-hydrogen) atoms. The van der Waals surface area contributed by atoms with Gasteiger partial charge in [0.2, 0.25) is 0 Å². The Balaban J connectivity index is 1.49. The number of hydrogen-bond donors (Lipinski definition) is 0. The summed E-state index contributed by atoms with van der Waals surface area (Å²) in [5.74, 6) is 0. The van der Waals surface area contributed by atoms with E-state index < -0.39 is 0 Å². The van der Waals surface area contributed by atoms with Gasteiger partial charge in [-0.25, -0.2) is 0 Å². The maximum Gasteiger partial charge on any atom is 0.0646 e. The molecule has 2 nitrogen and oxygen atoms in total. The van der Waals surface area contributed by atoms with Gasteiger partial charge in [-0.1, -0.05) is 97.1 Å². The lowest BCUT2D eigenvalue weighted by atomic mass is 10.1. The topological polar surface area (TPSA) is 9.86 Å². The number of hydrogen-bond acceptors (Lipinski definition) is 0. The minimum absolute atomic E-state index is 0.228. The fourth-order valence-corrected chi connectivity index (χ4v) is 6.51. The molecule has 0 radical (unpaired) electrons. The van der Waals surface area contributed by atoms with Gasteiger partial charge in [0.1, 0.15) is 0 Å². The Hall–Kier alpha value is -5.34. The van der Waals surface area contributed by atoms with Crippen LogP contribution in [0.2, 0.25) is 0 Å². The number of fused-ring (bicyclic) bond motifs is 9. The largest absolute Gasteiger partial charge is 0.309 e. The fraction of sp³-hybridized carbons (Fsp3) is 0. The summed E-state index contributed by atoms with van der Waals surface area (Å²) in [5.41, 5.74) is 5.59. The second kappa shape index (κ2) is 8.08. The Morgan fingerprint density at radius 1 is 0.375 bits per heavy atom. The minimum atomic E-state index is 0.228. The van der Waals surface area contributed by atoms with Crippen LogP contribution in [0.5, 0.6) is 0 Å². The first-order valence-electron chi connectivity index (χ1n) is 14.6. The molecule has 9 aromatic rings. The third-order valence-corrected chi connectivity index (χ3v) is 8.28. The van der Waals surface area contributed by atoms with E-state index in [-0.39, 0.29) is 12.1 Å². The van der Waals surface area contributed by atoms with Crippen LogP contribution in [0.1, 0.15) is 2.74 Å². The zero-order chi connectivity index (χ0) is 27.9. The summed E-state index contributed by atoms with van der Waals surface area (Å²) < 4.78 is 23.4. The number of rotatable bonds is 2. The molecule has 0 aliphatic heterocycles. The van der Waals surface area contributed by atoms with E-state index >= 15 is 0 Å². The van der Waals surface area contributed by atoms with Gasteiger partial charge in [0.25, 0.3) is 0 Å². The normalized spacial score (nSPS) is 12.7. The molecule has 0 aliphatic rings. The summed E-state index contributed by atoms with van der Waals surface area (Å²) in [6.45, 7) is 0. The molecule has 0 bridgehead atoms. The van der Waals surface area contributed by atoms with Crippen LogP contribution in [0.25, 0.3) is 76.5 Å². The minimum Gasteiger partial charge on any atom is -0.309 e. The van der Waals surface area contributed by atoms with Crippen molar-refractivity contribution in [1.82, 2.24) is 9.13 Å². The summed E-state index contributed by atoms with van der Waals surface area (Å²) in [6, 6.07) is 46.9. The molecule has 0 aliphatic carbocycles. The lowest BCUT2D eigenvalue weighted by molar-refractivity contribution is 1.18. The number of nitrogens with zero attached hydrogens (tertiary/aromatic N) is 2. The monoisotopic (exact) mass is 510 g/mol. The smallest absolute Gasteiger partial charge is 0.0646 e. The van der Waals surface area contributed by atoms with Gasteiger partial charge in [0, 0.05) is 32.9 Å². The first-order chi connectivity index (χ1) is 20.7. The van der Waals surface area contributed by atoms with Gasteiger partial charge < -0.3 is 9.13 Å². The maximum absolute atomic E-state index is 9.50. The SMILES string of the molecule is [2H]c1c([2H])c2c(c3ccccc3n2-c2ccc3ccccc3c2)c2c3ccccc3n(-c3ccc4ccccc4c3)c12. The van der Waals surface area contributed by atoms with E-state index in [1.165, 1.54) is 10.8 Å². The van der Waals surface area contributed by atoms with Crippen molar-refractivity contribution in [1.29, 1.82) is 0 Å². The van der Waals surface area contributed by atoms with Crippen molar-refractivity contribution < 1.29 is 2.74 Å². The lowest BCUT2D eigenvalue weighted by Gasteiger charge is -2.11. The third kappa shape index (κ3) is 2.93. The molecule has 0 atom stereocenters. The molecule has 0 fully saturated rings. The van der Waals surface area contributed by atoms with Crippen molar-refractivity contribution in [3.05, 3.63) is 146 Å². The highest BCUT2D eigenvalue weighted by Gasteiger charge is 2.20. The quantitative estimate of drug-likeness (QED) is 0.219. The third-order valence-electron chi connectivity index (χ3n) is 8.28. The van der Waals surface area contributed by atoms with Crippen LogP contribution in [-0.2, 0) is 0 Å². The molecule has 0 saturated carbocycles. The van der Waals surface area contributed by atoms with Crippen LogP contribution in [0.15, 0.2) is 146 Å². The Bertz CT molecular complexity index is 2370. The maximum atomic E-state index is 9.50. The van der Waals surface area contributed by atoms with Crippen molar-refractivity contribution in [2.24, 2.45) is 0 Å². The Labute approximate surface area is 233 Å². The van der Waals surface area contributed by atoms with Gasteiger partial charge in [-0.2, -0.15) is 0 Å². The van der Waals surface area contributed by atoms with Crippen LogP contribution in [-0.4, -0.2) is 9.13 Å².